The second kappa shape index (κ2) is 5.63. The minimum atomic E-state index is -0.923. The van der Waals surface area contributed by atoms with Crippen LogP contribution in [0.2, 0.25) is 0 Å². The van der Waals surface area contributed by atoms with Crippen molar-refractivity contribution in [2.75, 3.05) is 5.73 Å². The molecule has 1 aromatic rings. The summed E-state index contributed by atoms with van der Waals surface area (Å²) in [4.78, 5) is 0. The Labute approximate surface area is 104 Å². The van der Waals surface area contributed by atoms with E-state index in [1.54, 1.807) is 6.07 Å². The van der Waals surface area contributed by atoms with Gasteiger partial charge >= 0.3 is 0 Å². The van der Waals surface area contributed by atoms with E-state index in [0.29, 0.717) is 17.0 Å². The monoisotopic (exact) mass is 255 g/mol. The van der Waals surface area contributed by atoms with Gasteiger partial charge in [-0.2, -0.15) is 0 Å². The van der Waals surface area contributed by atoms with E-state index < -0.39 is 10.8 Å². The predicted molar refractivity (Wildman–Crippen MR) is 69.5 cm³/mol. The van der Waals surface area contributed by atoms with E-state index in [4.69, 9.17) is 5.73 Å². The Morgan fingerprint density at radius 2 is 2.00 bits per heavy atom. The van der Waals surface area contributed by atoms with Crippen LogP contribution in [0.1, 0.15) is 37.7 Å². The summed E-state index contributed by atoms with van der Waals surface area (Å²) in [5.41, 5.74) is 6.98. The molecular weight excluding hydrogens is 237 g/mol. The lowest BCUT2D eigenvalue weighted by Crippen LogP contribution is -2.20. The molecule has 17 heavy (non-hydrogen) atoms. The molecule has 1 atom stereocenters. The van der Waals surface area contributed by atoms with Crippen molar-refractivity contribution in [3.63, 3.8) is 0 Å². The number of rotatable bonds is 3. The van der Waals surface area contributed by atoms with Crippen LogP contribution >= 0.6 is 0 Å². The SMILES string of the molecule is Nc1ccc(F)cc1CS(=O)C1CCCCC1. The smallest absolute Gasteiger partial charge is 0.123 e. The molecule has 1 fully saturated rings. The zero-order chi connectivity index (χ0) is 12.3. The van der Waals surface area contributed by atoms with E-state index in [1.807, 2.05) is 0 Å². The van der Waals surface area contributed by atoms with E-state index in [2.05, 4.69) is 0 Å². The largest absolute Gasteiger partial charge is 0.398 e. The maximum Gasteiger partial charge on any atom is 0.123 e. The van der Waals surface area contributed by atoms with Crippen molar-refractivity contribution < 1.29 is 8.60 Å². The molecule has 0 aliphatic heterocycles. The van der Waals surface area contributed by atoms with Gasteiger partial charge in [0.1, 0.15) is 5.82 Å². The highest BCUT2D eigenvalue weighted by molar-refractivity contribution is 7.84. The van der Waals surface area contributed by atoms with Crippen molar-refractivity contribution in [3.8, 4) is 0 Å². The van der Waals surface area contributed by atoms with Gasteiger partial charge in [-0.1, -0.05) is 19.3 Å². The van der Waals surface area contributed by atoms with Gasteiger partial charge in [0.25, 0.3) is 0 Å². The number of nitrogens with two attached hydrogens (primary N) is 1. The first-order valence-electron chi connectivity index (χ1n) is 6.08. The summed E-state index contributed by atoms with van der Waals surface area (Å²) >= 11 is 0. The normalized spacial score (nSPS) is 19.1. The van der Waals surface area contributed by atoms with Crippen molar-refractivity contribution in [2.45, 2.75) is 43.1 Å². The quantitative estimate of drug-likeness (QED) is 0.844. The fourth-order valence-electron chi connectivity index (χ4n) is 2.30. The van der Waals surface area contributed by atoms with Crippen molar-refractivity contribution in [1.82, 2.24) is 0 Å². The van der Waals surface area contributed by atoms with E-state index >= 15 is 0 Å². The Morgan fingerprint density at radius 1 is 1.29 bits per heavy atom. The van der Waals surface area contributed by atoms with Crippen LogP contribution in [-0.2, 0) is 16.6 Å². The maximum atomic E-state index is 13.1. The summed E-state index contributed by atoms with van der Waals surface area (Å²) in [7, 11) is -0.923. The van der Waals surface area contributed by atoms with Crippen LogP contribution in [0.5, 0.6) is 0 Å². The van der Waals surface area contributed by atoms with Crippen LogP contribution < -0.4 is 5.73 Å². The highest BCUT2D eigenvalue weighted by Gasteiger charge is 2.20. The summed E-state index contributed by atoms with van der Waals surface area (Å²) in [5.74, 6) is 0.0729. The first kappa shape index (κ1) is 12.6. The van der Waals surface area contributed by atoms with E-state index in [-0.39, 0.29) is 11.1 Å². The molecule has 2 rings (SSSR count). The Hall–Kier alpha value is -0.900. The zero-order valence-corrected chi connectivity index (χ0v) is 10.6. The molecule has 0 amide bonds. The van der Waals surface area contributed by atoms with Gasteiger partial charge in [0.2, 0.25) is 0 Å². The van der Waals surface area contributed by atoms with E-state index in [0.717, 1.165) is 25.7 Å². The molecule has 2 nitrogen and oxygen atoms in total. The molecule has 2 N–H and O–H groups in total. The van der Waals surface area contributed by atoms with Crippen LogP contribution in [0.15, 0.2) is 18.2 Å². The molecule has 1 saturated carbocycles. The van der Waals surface area contributed by atoms with Crippen LogP contribution in [0.25, 0.3) is 0 Å². The number of hydrogen-bond acceptors (Lipinski definition) is 2. The average molecular weight is 255 g/mol. The molecule has 94 valence electrons. The number of halogens is 1. The van der Waals surface area contributed by atoms with Crippen LogP contribution in [0, 0.1) is 5.82 Å². The Kier molecular flexibility index (Phi) is 4.15. The number of nitrogen functional groups attached to an aromatic ring is 1. The summed E-state index contributed by atoms with van der Waals surface area (Å²) in [6.07, 6.45) is 5.63. The Bertz CT molecular complexity index is 416. The maximum absolute atomic E-state index is 13.1. The van der Waals surface area contributed by atoms with Gasteiger partial charge in [0, 0.05) is 21.7 Å². The molecule has 1 aliphatic carbocycles. The Morgan fingerprint density at radius 3 is 2.71 bits per heavy atom. The number of benzene rings is 1. The second-order valence-corrected chi connectivity index (χ2v) is 6.35. The van der Waals surface area contributed by atoms with Crippen LogP contribution in [0.4, 0.5) is 10.1 Å². The van der Waals surface area contributed by atoms with Gasteiger partial charge in [-0.15, -0.1) is 0 Å². The lowest BCUT2D eigenvalue weighted by atomic mass is 10.0. The molecule has 4 heteroatoms. The zero-order valence-electron chi connectivity index (χ0n) is 9.82. The van der Waals surface area contributed by atoms with E-state index in [1.165, 1.54) is 18.6 Å². The molecule has 0 saturated heterocycles. The van der Waals surface area contributed by atoms with Crippen molar-refractivity contribution in [1.29, 1.82) is 0 Å². The molecule has 0 radical (unpaired) electrons. The summed E-state index contributed by atoms with van der Waals surface area (Å²) in [6.45, 7) is 0. The minimum absolute atomic E-state index is 0.270. The van der Waals surface area contributed by atoms with E-state index in [9.17, 15) is 8.60 Å². The first-order valence-corrected chi connectivity index (χ1v) is 7.46. The van der Waals surface area contributed by atoms with Gasteiger partial charge < -0.3 is 5.73 Å². The van der Waals surface area contributed by atoms with Gasteiger partial charge in [-0.25, -0.2) is 4.39 Å². The third kappa shape index (κ3) is 3.28. The lowest BCUT2D eigenvalue weighted by Gasteiger charge is -2.21. The second-order valence-electron chi connectivity index (χ2n) is 4.63. The summed E-state index contributed by atoms with van der Waals surface area (Å²) in [6, 6.07) is 4.28. The lowest BCUT2D eigenvalue weighted by molar-refractivity contribution is 0.504. The fraction of sp³-hybridized carbons (Fsp3) is 0.538. The van der Waals surface area contributed by atoms with Crippen molar-refractivity contribution >= 4 is 16.5 Å². The molecule has 1 unspecified atom stereocenters. The van der Waals surface area contributed by atoms with Crippen LogP contribution in [-0.4, -0.2) is 9.46 Å². The Balaban J connectivity index is 2.04. The van der Waals surface area contributed by atoms with Crippen LogP contribution in [0.3, 0.4) is 0 Å². The van der Waals surface area contributed by atoms with Gasteiger partial charge in [-0.3, -0.25) is 4.21 Å². The molecule has 0 heterocycles. The molecule has 0 aromatic heterocycles. The van der Waals surface area contributed by atoms with Gasteiger partial charge in [-0.05, 0) is 36.6 Å². The summed E-state index contributed by atoms with van der Waals surface area (Å²) in [5, 5.41) is 0.270. The standard InChI is InChI=1S/C13H18FNOS/c14-11-6-7-13(15)10(8-11)9-17(16)12-4-2-1-3-5-12/h6-8,12H,1-5,9,15H2. The minimum Gasteiger partial charge on any atom is -0.398 e. The highest BCUT2D eigenvalue weighted by atomic mass is 32.2. The first-order chi connectivity index (χ1) is 8.16. The fourth-order valence-corrected chi connectivity index (χ4v) is 3.95. The molecule has 0 bridgehead atoms. The summed E-state index contributed by atoms with van der Waals surface area (Å²) < 4.78 is 25.2. The molecule has 1 aromatic carbocycles. The highest BCUT2D eigenvalue weighted by Crippen LogP contribution is 2.25. The number of anilines is 1. The molecular formula is C13H18FNOS. The number of hydrogen-bond donors (Lipinski definition) is 1. The third-order valence-corrected chi connectivity index (χ3v) is 5.14. The van der Waals surface area contributed by atoms with Crippen molar-refractivity contribution in [3.05, 3.63) is 29.6 Å². The average Bonchev–Trinajstić information content (AvgIpc) is 2.35. The molecule has 1 aliphatic rings. The molecule has 0 spiro atoms. The third-order valence-electron chi connectivity index (χ3n) is 3.33. The van der Waals surface area contributed by atoms with Gasteiger partial charge in [0.05, 0.1) is 5.75 Å². The topological polar surface area (TPSA) is 43.1 Å². The predicted octanol–water partition coefficient (Wildman–Crippen LogP) is 2.99. The van der Waals surface area contributed by atoms with Crippen molar-refractivity contribution in [2.24, 2.45) is 0 Å². The van der Waals surface area contributed by atoms with Gasteiger partial charge in [0.15, 0.2) is 0 Å².